The Bertz CT molecular complexity index is 2930. The highest BCUT2D eigenvalue weighted by atomic mass is 35.5. The number of nitrogens with one attached hydrogen (secondary N) is 4. The summed E-state index contributed by atoms with van der Waals surface area (Å²) in [5.41, 5.74) is 8.46. The van der Waals surface area contributed by atoms with Crippen LogP contribution in [0.2, 0.25) is 10.0 Å². The van der Waals surface area contributed by atoms with E-state index in [-0.39, 0.29) is 36.6 Å². The van der Waals surface area contributed by atoms with E-state index in [1.165, 1.54) is 5.57 Å². The van der Waals surface area contributed by atoms with Crippen molar-refractivity contribution < 1.29 is 38.1 Å². The first-order valence-electron chi connectivity index (χ1n) is 25.2. The van der Waals surface area contributed by atoms with Crippen molar-refractivity contribution in [1.82, 2.24) is 20.4 Å². The first-order chi connectivity index (χ1) is 35.3. The maximum Gasteiger partial charge on any atom is 0.410 e. The standard InChI is InChI=1S/C58H66Cl2N6O8/c1-57(2,3)73-55(69)65-26-19-37(20-27-65)45-12-8-40(31-49(45)59)54(68)64-43-11-15-48(38-21-28-66(29-22-38)56(70)74-58(4,5)6)52(34-43)72-35-44-30-39(18-25-62-44)46-13-9-41(32-50(46)60)53(67)63-42-10-14-47(51(33-42)71-7)36-16-23-61-24-17-36/h8-16,19,21,30-34,44,61-62H,17-18,20,22-29,35H2,1-7H3,(H,63,67)(H,64,68). The molecular formula is C58H66Cl2N6O8. The van der Waals surface area contributed by atoms with Crippen LogP contribution in [0.15, 0.2) is 97.1 Å². The topological polar surface area (TPSA) is 160 Å². The number of anilines is 2. The van der Waals surface area contributed by atoms with Gasteiger partial charge in [0.15, 0.2) is 0 Å². The zero-order valence-electron chi connectivity index (χ0n) is 43.2. The third-order valence-corrected chi connectivity index (χ3v) is 13.6. The average molecular weight is 1050 g/mol. The monoisotopic (exact) mass is 1040 g/mol. The van der Waals surface area contributed by atoms with Gasteiger partial charge in [-0.05, 0) is 162 Å². The van der Waals surface area contributed by atoms with Gasteiger partial charge in [0, 0.05) is 88.5 Å². The Balaban J connectivity index is 0.962. The van der Waals surface area contributed by atoms with Crippen LogP contribution >= 0.6 is 23.2 Å². The Morgan fingerprint density at radius 3 is 1.58 bits per heavy atom. The van der Waals surface area contributed by atoms with Gasteiger partial charge in [-0.2, -0.15) is 0 Å². The molecule has 4 N–H and O–H groups in total. The maximum atomic E-state index is 13.8. The number of benzene rings is 4. The number of hydrogen-bond acceptors (Lipinski definition) is 10. The molecule has 0 spiro atoms. The Kier molecular flexibility index (Phi) is 16.9. The minimum absolute atomic E-state index is 0.203. The molecule has 1 unspecified atom stereocenters. The van der Waals surface area contributed by atoms with Gasteiger partial charge in [0.25, 0.3) is 11.8 Å². The van der Waals surface area contributed by atoms with Crippen molar-refractivity contribution >= 4 is 80.9 Å². The van der Waals surface area contributed by atoms with Crippen LogP contribution in [-0.4, -0.2) is 111 Å². The highest BCUT2D eigenvalue weighted by Crippen LogP contribution is 2.37. The zero-order valence-corrected chi connectivity index (χ0v) is 44.7. The number of ether oxygens (including phenoxy) is 4. The Hall–Kier alpha value is -6.58. The molecule has 4 aliphatic rings. The third-order valence-electron chi connectivity index (χ3n) is 13.0. The number of rotatable bonds is 12. The molecule has 0 saturated heterocycles. The van der Waals surface area contributed by atoms with Crippen LogP contribution in [0, 0.1) is 0 Å². The second kappa shape index (κ2) is 23.3. The normalized spacial score (nSPS) is 17.2. The van der Waals surface area contributed by atoms with Crippen LogP contribution in [0.4, 0.5) is 21.0 Å². The molecule has 74 heavy (non-hydrogen) atoms. The van der Waals surface area contributed by atoms with Gasteiger partial charge in [0.1, 0.15) is 29.3 Å². The van der Waals surface area contributed by atoms with Crippen LogP contribution in [-0.2, 0) is 9.47 Å². The van der Waals surface area contributed by atoms with Crippen LogP contribution in [0.25, 0.3) is 22.3 Å². The molecule has 0 fully saturated rings. The predicted octanol–water partition coefficient (Wildman–Crippen LogP) is 11.8. The molecule has 0 saturated carbocycles. The summed E-state index contributed by atoms with van der Waals surface area (Å²) in [4.78, 5) is 56.2. The van der Waals surface area contributed by atoms with Gasteiger partial charge in [-0.3, -0.25) is 9.59 Å². The van der Waals surface area contributed by atoms with E-state index >= 15 is 0 Å². The highest BCUT2D eigenvalue weighted by molar-refractivity contribution is 6.33. The second-order valence-electron chi connectivity index (χ2n) is 20.7. The molecule has 0 aliphatic carbocycles. The number of hydrogen-bond donors (Lipinski definition) is 4. The highest BCUT2D eigenvalue weighted by Gasteiger charge is 2.28. The summed E-state index contributed by atoms with van der Waals surface area (Å²) in [6, 6.07) is 21.7. The van der Waals surface area contributed by atoms with E-state index < -0.39 is 11.2 Å². The second-order valence-corrected chi connectivity index (χ2v) is 21.5. The summed E-state index contributed by atoms with van der Waals surface area (Å²) >= 11 is 13.8. The average Bonchev–Trinajstić information content (AvgIpc) is 3.37. The number of carbonyl (C=O) groups excluding carboxylic acids is 4. The first-order valence-corrected chi connectivity index (χ1v) is 25.9. The van der Waals surface area contributed by atoms with E-state index in [0.29, 0.717) is 96.0 Å². The molecule has 8 rings (SSSR count). The van der Waals surface area contributed by atoms with Crippen molar-refractivity contribution in [2.75, 3.05) is 70.2 Å². The summed E-state index contributed by atoms with van der Waals surface area (Å²) in [6.45, 7) is 15.4. The zero-order chi connectivity index (χ0) is 52.7. The van der Waals surface area contributed by atoms with Crippen LogP contribution in [0.3, 0.4) is 0 Å². The summed E-state index contributed by atoms with van der Waals surface area (Å²) in [5, 5.41) is 13.8. The molecule has 390 valence electrons. The fourth-order valence-electron chi connectivity index (χ4n) is 9.23. The van der Waals surface area contributed by atoms with Crippen molar-refractivity contribution in [3.05, 3.63) is 141 Å². The quantitative estimate of drug-likeness (QED) is 0.108. The number of methoxy groups -OCH3 is 1. The fourth-order valence-corrected chi connectivity index (χ4v) is 9.83. The summed E-state index contributed by atoms with van der Waals surface area (Å²) in [5.74, 6) is 0.620. The molecule has 4 aromatic rings. The lowest BCUT2D eigenvalue weighted by Gasteiger charge is -2.30. The molecule has 4 amide bonds. The van der Waals surface area contributed by atoms with Crippen molar-refractivity contribution in [3.63, 3.8) is 0 Å². The molecule has 0 radical (unpaired) electrons. The number of halogens is 2. The van der Waals surface area contributed by atoms with E-state index in [2.05, 4.69) is 33.4 Å². The largest absolute Gasteiger partial charge is 0.496 e. The molecule has 4 heterocycles. The number of amides is 4. The van der Waals surface area contributed by atoms with Gasteiger partial charge in [0.2, 0.25) is 0 Å². The molecular weight excluding hydrogens is 980 g/mol. The lowest BCUT2D eigenvalue weighted by molar-refractivity contribution is 0.0260. The smallest absolute Gasteiger partial charge is 0.410 e. The summed E-state index contributed by atoms with van der Waals surface area (Å²) in [7, 11) is 1.63. The van der Waals surface area contributed by atoms with E-state index in [1.807, 2.05) is 102 Å². The van der Waals surface area contributed by atoms with Crippen LogP contribution in [0.1, 0.15) is 110 Å². The molecule has 16 heteroatoms. The Morgan fingerprint density at radius 1 is 0.608 bits per heavy atom. The van der Waals surface area contributed by atoms with Crippen LogP contribution < -0.4 is 30.7 Å². The predicted molar refractivity (Wildman–Crippen MR) is 294 cm³/mol. The minimum atomic E-state index is -0.614. The molecule has 1 atom stereocenters. The van der Waals surface area contributed by atoms with Gasteiger partial charge < -0.3 is 50.0 Å². The van der Waals surface area contributed by atoms with Gasteiger partial charge in [-0.1, -0.05) is 59.6 Å². The van der Waals surface area contributed by atoms with E-state index in [4.69, 9.17) is 42.1 Å². The Morgan fingerprint density at radius 2 is 1.09 bits per heavy atom. The minimum Gasteiger partial charge on any atom is -0.496 e. The maximum absolute atomic E-state index is 13.8. The molecule has 0 aromatic heterocycles. The number of nitrogens with zero attached hydrogens (tertiary/aromatic N) is 2. The number of carbonyl (C=O) groups is 4. The molecule has 0 bridgehead atoms. The van der Waals surface area contributed by atoms with Crippen molar-refractivity contribution in [2.24, 2.45) is 0 Å². The van der Waals surface area contributed by atoms with Gasteiger partial charge in [-0.25, -0.2) is 9.59 Å². The van der Waals surface area contributed by atoms with E-state index in [1.54, 1.807) is 41.2 Å². The van der Waals surface area contributed by atoms with E-state index in [0.717, 1.165) is 58.5 Å². The van der Waals surface area contributed by atoms with Gasteiger partial charge >= 0.3 is 12.2 Å². The van der Waals surface area contributed by atoms with Crippen molar-refractivity contribution in [1.29, 1.82) is 0 Å². The first kappa shape index (κ1) is 53.7. The summed E-state index contributed by atoms with van der Waals surface area (Å²) < 4.78 is 23.5. The lowest BCUT2D eigenvalue weighted by atomic mass is 9.96. The van der Waals surface area contributed by atoms with Gasteiger partial charge in [-0.15, -0.1) is 0 Å². The van der Waals surface area contributed by atoms with E-state index in [9.17, 15) is 19.2 Å². The third kappa shape index (κ3) is 13.8. The molecule has 14 nitrogen and oxygen atoms in total. The van der Waals surface area contributed by atoms with Crippen molar-refractivity contribution in [3.8, 4) is 11.5 Å². The fraction of sp³-hybridized carbons (Fsp3) is 0.379. The van der Waals surface area contributed by atoms with Crippen molar-refractivity contribution in [2.45, 2.75) is 84.5 Å². The summed E-state index contributed by atoms with van der Waals surface area (Å²) in [6.07, 6.45) is 10.3. The molecule has 4 aliphatic heterocycles. The lowest BCUT2D eigenvalue weighted by Crippen LogP contribution is -2.39. The molecule has 4 aromatic carbocycles. The SMILES string of the molecule is COc1cc(NC(=O)c2ccc(C3=CC(COc4cc(NC(=O)c5ccc(C6=CCN(C(=O)OC(C)(C)C)CC6)c(Cl)c5)ccc4C4=CCN(C(=O)OC(C)(C)C)CC4)NCC3)c(Cl)c2)ccc1C1=CCNCC1. The Labute approximate surface area is 444 Å². The van der Waals surface area contributed by atoms with Gasteiger partial charge in [0.05, 0.1) is 13.2 Å². The van der Waals surface area contributed by atoms with Crippen LogP contribution in [0.5, 0.6) is 11.5 Å².